The molecular weight excluding hydrogens is 845 g/mol. The molecule has 0 aliphatic heterocycles. The van der Waals surface area contributed by atoms with Crippen LogP contribution in [0.25, 0.3) is 97.7 Å². The van der Waals surface area contributed by atoms with Crippen molar-refractivity contribution in [1.29, 1.82) is 0 Å². The quantitative estimate of drug-likeness (QED) is 0.140. The van der Waals surface area contributed by atoms with Gasteiger partial charge in [0.15, 0.2) is 0 Å². The molecule has 0 amide bonds. The van der Waals surface area contributed by atoms with E-state index in [0.29, 0.717) is 0 Å². The molecule has 70 heavy (non-hydrogen) atoms. The Kier molecular flexibility index (Phi) is 9.25. The molecule has 0 heterocycles. The summed E-state index contributed by atoms with van der Waals surface area (Å²) in [5.74, 6) is 0. The fourth-order valence-corrected chi connectivity index (χ4v) is 11.3. The van der Waals surface area contributed by atoms with Crippen LogP contribution in [0.2, 0.25) is 0 Å². The van der Waals surface area contributed by atoms with E-state index in [0.717, 1.165) is 34.1 Å². The first kappa shape index (κ1) is 39.9. The molecule has 0 aliphatic rings. The average Bonchev–Trinajstić information content (AvgIpc) is 3.43. The monoisotopic (exact) mass is 888 g/mol. The fourth-order valence-electron chi connectivity index (χ4n) is 11.3. The van der Waals surface area contributed by atoms with Crippen LogP contribution in [-0.2, 0) is 0 Å². The molecule has 0 bridgehead atoms. The van der Waals surface area contributed by atoms with Crippen LogP contribution in [0.4, 0.5) is 34.1 Å². The molecule has 326 valence electrons. The number of para-hydroxylation sites is 2. The van der Waals surface area contributed by atoms with Crippen LogP contribution in [0.5, 0.6) is 0 Å². The van der Waals surface area contributed by atoms with Crippen molar-refractivity contribution in [3.05, 3.63) is 267 Å². The fraction of sp³-hybridized carbons (Fsp3) is 0. The maximum absolute atomic E-state index is 2.48. The summed E-state index contributed by atoms with van der Waals surface area (Å²) in [6, 6.07) is 98.6. The van der Waals surface area contributed by atoms with Gasteiger partial charge >= 0.3 is 0 Å². The molecule has 0 saturated carbocycles. The van der Waals surface area contributed by atoms with Crippen LogP contribution in [0.15, 0.2) is 267 Å². The van der Waals surface area contributed by atoms with Crippen LogP contribution in [0, 0.1) is 0 Å². The summed E-state index contributed by atoms with van der Waals surface area (Å²) in [5, 5.41) is 17.0. The number of nitrogens with zero attached hydrogens (tertiary/aromatic N) is 2. The van der Waals surface area contributed by atoms with E-state index in [-0.39, 0.29) is 0 Å². The Labute approximate surface area is 406 Å². The Bertz CT molecular complexity index is 4020. The second-order valence-corrected chi connectivity index (χ2v) is 18.4. The zero-order chi connectivity index (χ0) is 46.1. The predicted octanol–water partition coefficient (Wildman–Crippen LogP) is 19.5. The smallest absolute Gasteiger partial charge is 0.0546 e. The molecule has 0 aromatic heterocycles. The van der Waals surface area contributed by atoms with Gasteiger partial charge in [-0.15, -0.1) is 0 Å². The van der Waals surface area contributed by atoms with Gasteiger partial charge in [-0.2, -0.15) is 0 Å². The number of fused-ring (bicyclic) bond motifs is 4. The van der Waals surface area contributed by atoms with E-state index in [9.17, 15) is 0 Å². The standard InChI is InChI=1S/C68H44N2/c1-3-25-51(26-4-1)69(53-35-33-45-17-7-9-21-49(45)41-53)65-43-63(57-31-15-23-47-19-11-13-29-55(47)57)59-37-38-60-64(58-32-16-24-48-20-12-14-30-56(48)58)44-66(62-40-39-61(65)67(59)68(60)62)70(52-27-5-2-6-28-52)54-36-34-46-18-8-10-22-50(46)42-54/h1-44H. The molecule has 14 rings (SSSR count). The van der Waals surface area contributed by atoms with Gasteiger partial charge in [0.1, 0.15) is 0 Å². The molecule has 0 atom stereocenters. The molecule has 2 heteroatoms. The number of hydrogen-bond donors (Lipinski definition) is 0. The van der Waals surface area contributed by atoms with Crippen molar-refractivity contribution in [1.82, 2.24) is 0 Å². The zero-order valence-electron chi connectivity index (χ0n) is 38.3. The summed E-state index contributed by atoms with van der Waals surface area (Å²) in [7, 11) is 0. The van der Waals surface area contributed by atoms with E-state index >= 15 is 0 Å². The Morgan fingerprint density at radius 2 is 0.543 bits per heavy atom. The van der Waals surface area contributed by atoms with E-state index in [4.69, 9.17) is 0 Å². The summed E-state index contributed by atoms with van der Waals surface area (Å²) >= 11 is 0. The molecule has 0 N–H and O–H groups in total. The van der Waals surface area contributed by atoms with Gasteiger partial charge in [0.25, 0.3) is 0 Å². The highest BCUT2D eigenvalue weighted by molar-refractivity contribution is 6.33. The molecule has 0 aliphatic carbocycles. The maximum atomic E-state index is 2.48. The normalized spacial score (nSPS) is 11.7. The van der Waals surface area contributed by atoms with Gasteiger partial charge in [-0.25, -0.2) is 0 Å². The van der Waals surface area contributed by atoms with Gasteiger partial charge in [0.05, 0.1) is 11.4 Å². The van der Waals surface area contributed by atoms with Crippen LogP contribution in [0.1, 0.15) is 0 Å². The highest BCUT2D eigenvalue weighted by Crippen LogP contribution is 2.53. The van der Waals surface area contributed by atoms with Crippen molar-refractivity contribution in [3.63, 3.8) is 0 Å². The molecule has 0 saturated heterocycles. The van der Waals surface area contributed by atoms with Crippen LogP contribution < -0.4 is 9.80 Å². The van der Waals surface area contributed by atoms with Gasteiger partial charge in [-0.3, -0.25) is 0 Å². The van der Waals surface area contributed by atoms with E-state index in [1.54, 1.807) is 0 Å². The Hall–Kier alpha value is -9.24. The minimum absolute atomic E-state index is 1.10. The Morgan fingerprint density at radius 3 is 0.986 bits per heavy atom. The van der Waals surface area contributed by atoms with E-state index in [1.807, 2.05) is 0 Å². The lowest BCUT2D eigenvalue weighted by Gasteiger charge is -2.31. The third kappa shape index (κ3) is 6.42. The minimum Gasteiger partial charge on any atom is -0.310 e. The van der Waals surface area contributed by atoms with Crippen LogP contribution in [-0.4, -0.2) is 0 Å². The van der Waals surface area contributed by atoms with Gasteiger partial charge < -0.3 is 9.80 Å². The molecule has 0 radical (unpaired) electrons. The second-order valence-electron chi connectivity index (χ2n) is 18.4. The summed E-state index contributed by atoms with van der Waals surface area (Å²) in [4.78, 5) is 4.95. The number of benzene rings is 14. The van der Waals surface area contributed by atoms with Gasteiger partial charge in [-0.1, -0.05) is 206 Å². The van der Waals surface area contributed by atoms with Crippen LogP contribution >= 0.6 is 0 Å². The lowest BCUT2D eigenvalue weighted by Crippen LogP contribution is -2.12. The summed E-state index contributed by atoms with van der Waals surface area (Å²) in [5.41, 5.74) is 11.5. The van der Waals surface area contributed by atoms with Gasteiger partial charge in [-0.05, 0) is 137 Å². The van der Waals surface area contributed by atoms with Crippen molar-refractivity contribution in [3.8, 4) is 22.3 Å². The highest BCUT2D eigenvalue weighted by atomic mass is 15.2. The van der Waals surface area contributed by atoms with Crippen molar-refractivity contribution in [2.45, 2.75) is 0 Å². The summed E-state index contributed by atoms with van der Waals surface area (Å²) < 4.78 is 0. The van der Waals surface area contributed by atoms with Crippen molar-refractivity contribution in [2.24, 2.45) is 0 Å². The van der Waals surface area contributed by atoms with Gasteiger partial charge in [0, 0.05) is 44.3 Å². The third-order valence-electron chi connectivity index (χ3n) is 14.5. The first-order valence-electron chi connectivity index (χ1n) is 24.2. The molecule has 0 fully saturated rings. The second kappa shape index (κ2) is 16.2. The topological polar surface area (TPSA) is 6.48 Å². The lowest BCUT2D eigenvalue weighted by atomic mass is 9.84. The van der Waals surface area contributed by atoms with E-state index < -0.39 is 0 Å². The molecule has 0 spiro atoms. The molecule has 14 aromatic carbocycles. The average molecular weight is 889 g/mol. The largest absolute Gasteiger partial charge is 0.310 e. The maximum Gasteiger partial charge on any atom is 0.0546 e. The molecule has 2 nitrogen and oxygen atoms in total. The number of rotatable bonds is 8. The summed E-state index contributed by atoms with van der Waals surface area (Å²) in [6.45, 7) is 0. The molecular formula is C68H44N2. The Morgan fingerprint density at radius 1 is 0.186 bits per heavy atom. The predicted molar refractivity (Wildman–Crippen MR) is 300 cm³/mol. The van der Waals surface area contributed by atoms with E-state index in [1.165, 1.54) is 97.7 Å². The van der Waals surface area contributed by atoms with Crippen molar-refractivity contribution >= 4 is 110 Å². The van der Waals surface area contributed by atoms with E-state index in [2.05, 4.69) is 277 Å². The Balaban J connectivity index is 1.17. The number of anilines is 6. The highest BCUT2D eigenvalue weighted by Gasteiger charge is 2.26. The minimum atomic E-state index is 1.10. The summed E-state index contributed by atoms with van der Waals surface area (Å²) in [6.07, 6.45) is 0. The third-order valence-corrected chi connectivity index (χ3v) is 14.5. The first-order chi connectivity index (χ1) is 34.7. The van der Waals surface area contributed by atoms with Crippen molar-refractivity contribution < 1.29 is 0 Å². The lowest BCUT2D eigenvalue weighted by molar-refractivity contribution is 1.30. The van der Waals surface area contributed by atoms with Crippen LogP contribution in [0.3, 0.4) is 0 Å². The SMILES string of the molecule is c1ccc(N(c2ccc3ccccc3c2)c2cc(-c3cccc4ccccc34)c3ccc4c(-c5cccc6ccccc56)cc(N(c5ccccc5)c5ccc6ccccc6c5)c5ccc2c3c45)cc1. The molecule has 14 aromatic rings. The number of hydrogen-bond acceptors (Lipinski definition) is 2. The zero-order valence-corrected chi connectivity index (χ0v) is 38.3. The van der Waals surface area contributed by atoms with Gasteiger partial charge in [0.2, 0.25) is 0 Å². The first-order valence-corrected chi connectivity index (χ1v) is 24.2. The van der Waals surface area contributed by atoms with Crippen molar-refractivity contribution in [2.75, 3.05) is 9.80 Å². The molecule has 0 unspecified atom stereocenters.